The average Bonchev–Trinajstić information content (AvgIpc) is 2.19. The summed E-state index contributed by atoms with van der Waals surface area (Å²) in [6, 6.07) is 9.41. The van der Waals surface area contributed by atoms with E-state index in [9.17, 15) is 5.11 Å². The summed E-state index contributed by atoms with van der Waals surface area (Å²) in [6.07, 6.45) is 3.46. The molecule has 0 radical (unpaired) electrons. The minimum absolute atomic E-state index is 0.304. The molecule has 0 aliphatic carbocycles. The van der Waals surface area contributed by atoms with Gasteiger partial charge >= 0.3 is 0 Å². The second kappa shape index (κ2) is 3.50. The Labute approximate surface area is 82.9 Å². The van der Waals surface area contributed by atoms with E-state index in [-0.39, 0.29) is 0 Å². The van der Waals surface area contributed by atoms with Crippen molar-refractivity contribution >= 4 is 0 Å². The van der Waals surface area contributed by atoms with Crippen LogP contribution in [-0.2, 0) is 0 Å². The first-order valence-corrected chi connectivity index (χ1v) is 4.47. The van der Waals surface area contributed by atoms with Crippen molar-refractivity contribution in [3.05, 3.63) is 48.3 Å². The Kier molecular flexibility index (Phi) is 2.19. The van der Waals surface area contributed by atoms with Crippen LogP contribution in [0.5, 0.6) is 5.75 Å². The molecule has 0 saturated carbocycles. The summed E-state index contributed by atoms with van der Waals surface area (Å²) >= 11 is 0. The highest BCUT2D eigenvalue weighted by Crippen LogP contribution is 2.28. The third-order valence-electron chi connectivity index (χ3n) is 2.13. The summed E-state index contributed by atoms with van der Waals surface area (Å²) in [6.45, 7) is 1.95. The number of hydrogen-bond donors (Lipinski definition) is 1. The lowest BCUT2D eigenvalue weighted by Crippen LogP contribution is -1.81. The van der Waals surface area contributed by atoms with Gasteiger partial charge in [-0.25, -0.2) is 0 Å². The first-order valence-electron chi connectivity index (χ1n) is 4.47. The quantitative estimate of drug-likeness (QED) is 0.741. The molecule has 1 heterocycles. The molecule has 0 saturated heterocycles. The predicted octanol–water partition coefficient (Wildman–Crippen LogP) is 2.76. The average molecular weight is 185 g/mol. The Morgan fingerprint density at radius 1 is 1.21 bits per heavy atom. The molecule has 0 atom stereocenters. The van der Waals surface area contributed by atoms with Crippen LogP contribution in [0.3, 0.4) is 0 Å². The molecule has 0 bridgehead atoms. The molecule has 0 fully saturated rings. The van der Waals surface area contributed by atoms with Crippen LogP contribution < -0.4 is 0 Å². The SMILES string of the molecule is Cc1ccc(-c2cccnc2)c(O)c1. The Morgan fingerprint density at radius 2 is 2.07 bits per heavy atom. The summed E-state index contributed by atoms with van der Waals surface area (Å²) < 4.78 is 0. The van der Waals surface area contributed by atoms with Gasteiger partial charge in [0.1, 0.15) is 5.75 Å². The Morgan fingerprint density at radius 3 is 2.71 bits per heavy atom. The molecule has 1 aromatic heterocycles. The number of pyridine rings is 1. The fourth-order valence-electron chi connectivity index (χ4n) is 1.41. The number of aryl methyl sites for hydroxylation is 1. The summed E-state index contributed by atoms with van der Waals surface area (Å²) in [5.74, 6) is 0.304. The standard InChI is InChI=1S/C12H11NO/c1-9-4-5-11(12(14)7-9)10-3-2-6-13-8-10/h2-8,14H,1H3. The Hall–Kier alpha value is -1.83. The second-order valence-corrected chi connectivity index (χ2v) is 3.26. The maximum atomic E-state index is 9.72. The maximum absolute atomic E-state index is 9.72. The molecule has 1 N–H and O–H groups in total. The van der Waals surface area contributed by atoms with Gasteiger partial charge in [-0.15, -0.1) is 0 Å². The van der Waals surface area contributed by atoms with E-state index in [4.69, 9.17) is 0 Å². The highest BCUT2D eigenvalue weighted by Gasteiger charge is 2.02. The van der Waals surface area contributed by atoms with Crippen LogP contribution in [0.15, 0.2) is 42.7 Å². The number of phenols is 1. The van der Waals surface area contributed by atoms with E-state index in [1.807, 2.05) is 31.2 Å². The zero-order valence-electron chi connectivity index (χ0n) is 7.94. The van der Waals surface area contributed by atoms with Gasteiger partial charge < -0.3 is 5.11 Å². The number of aromatic nitrogens is 1. The fourth-order valence-corrected chi connectivity index (χ4v) is 1.41. The van der Waals surface area contributed by atoms with Crippen molar-refractivity contribution in [3.8, 4) is 16.9 Å². The Balaban J connectivity index is 2.53. The number of hydrogen-bond acceptors (Lipinski definition) is 2. The maximum Gasteiger partial charge on any atom is 0.123 e. The van der Waals surface area contributed by atoms with Crippen LogP contribution in [0.25, 0.3) is 11.1 Å². The van der Waals surface area contributed by atoms with Crippen molar-refractivity contribution in [2.75, 3.05) is 0 Å². The van der Waals surface area contributed by atoms with Gasteiger partial charge in [-0.2, -0.15) is 0 Å². The summed E-state index contributed by atoms with van der Waals surface area (Å²) in [4.78, 5) is 4.01. The third kappa shape index (κ3) is 1.59. The van der Waals surface area contributed by atoms with Crippen molar-refractivity contribution in [1.82, 2.24) is 4.98 Å². The zero-order valence-corrected chi connectivity index (χ0v) is 7.94. The lowest BCUT2D eigenvalue weighted by molar-refractivity contribution is 0.477. The van der Waals surface area contributed by atoms with E-state index >= 15 is 0 Å². The third-order valence-corrected chi connectivity index (χ3v) is 2.13. The van der Waals surface area contributed by atoms with Gasteiger partial charge in [-0.05, 0) is 24.6 Å². The fraction of sp³-hybridized carbons (Fsp3) is 0.0833. The molecule has 2 nitrogen and oxygen atoms in total. The topological polar surface area (TPSA) is 33.1 Å². The highest BCUT2D eigenvalue weighted by molar-refractivity contribution is 5.69. The van der Waals surface area contributed by atoms with E-state index in [0.29, 0.717) is 5.75 Å². The van der Waals surface area contributed by atoms with E-state index in [1.165, 1.54) is 0 Å². The molecule has 0 spiro atoms. The van der Waals surface area contributed by atoms with Crippen LogP contribution in [0.4, 0.5) is 0 Å². The van der Waals surface area contributed by atoms with E-state index in [2.05, 4.69) is 4.98 Å². The lowest BCUT2D eigenvalue weighted by Gasteiger charge is -2.04. The van der Waals surface area contributed by atoms with Gasteiger partial charge in [0, 0.05) is 23.5 Å². The van der Waals surface area contributed by atoms with Gasteiger partial charge in [0.15, 0.2) is 0 Å². The van der Waals surface area contributed by atoms with Crippen LogP contribution in [0.1, 0.15) is 5.56 Å². The number of rotatable bonds is 1. The van der Waals surface area contributed by atoms with Crippen LogP contribution in [-0.4, -0.2) is 10.1 Å². The van der Waals surface area contributed by atoms with Crippen molar-refractivity contribution in [2.24, 2.45) is 0 Å². The van der Waals surface area contributed by atoms with Gasteiger partial charge in [0.05, 0.1) is 0 Å². The van der Waals surface area contributed by atoms with Gasteiger partial charge in [-0.1, -0.05) is 18.2 Å². The first kappa shape index (κ1) is 8.75. The summed E-state index contributed by atoms with van der Waals surface area (Å²) in [7, 11) is 0. The normalized spacial score (nSPS) is 10.1. The van der Waals surface area contributed by atoms with E-state index < -0.39 is 0 Å². The van der Waals surface area contributed by atoms with Gasteiger partial charge in [-0.3, -0.25) is 4.98 Å². The molecule has 0 unspecified atom stereocenters. The Bertz CT molecular complexity index is 437. The molecule has 2 aromatic rings. The molecule has 0 aliphatic rings. The molecule has 1 aromatic carbocycles. The molecule has 14 heavy (non-hydrogen) atoms. The van der Waals surface area contributed by atoms with Crippen molar-refractivity contribution in [3.63, 3.8) is 0 Å². The smallest absolute Gasteiger partial charge is 0.123 e. The van der Waals surface area contributed by atoms with Gasteiger partial charge in [0.25, 0.3) is 0 Å². The second-order valence-electron chi connectivity index (χ2n) is 3.26. The zero-order chi connectivity index (χ0) is 9.97. The van der Waals surface area contributed by atoms with Gasteiger partial charge in [0.2, 0.25) is 0 Å². The minimum Gasteiger partial charge on any atom is -0.507 e. The number of phenolic OH excluding ortho intramolecular Hbond substituents is 1. The molecule has 0 amide bonds. The number of nitrogens with zero attached hydrogens (tertiary/aromatic N) is 1. The lowest BCUT2D eigenvalue weighted by atomic mass is 10.1. The predicted molar refractivity (Wildman–Crippen MR) is 56.1 cm³/mol. The summed E-state index contributed by atoms with van der Waals surface area (Å²) in [5, 5.41) is 9.72. The van der Waals surface area contributed by atoms with E-state index in [0.717, 1.165) is 16.7 Å². The van der Waals surface area contributed by atoms with Crippen molar-refractivity contribution in [2.45, 2.75) is 6.92 Å². The molecular formula is C12H11NO. The molecule has 0 aliphatic heterocycles. The molecular weight excluding hydrogens is 174 g/mol. The highest BCUT2D eigenvalue weighted by atomic mass is 16.3. The van der Waals surface area contributed by atoms with Crippen molar-refractivity contribution < 1.29 is 5.11 Å². The summed E-state index contributed by atoms with van der Waals surface area (Å²) in [5.41, 5.74) is 2.81. The van der Waals surface area contributed by atoms with Crippen LogP contribution >= 0.6 is 0 Å². The number of aromatic hydroxyl groups is 1. The van der Waals surface area contributed by atoms with Crippen LogP contribution in [0.2, 0.25) is 0 Å². The monoisotopic (exact) mass is 185 g/mol. The van der Waals surface area contributed by atoms with E-state index in [1.54, 1.807) is 18.5 Å². The molecule has 2 rings (SSSR count). The minimum atomic E-state index is 0.304. The first-order chi connectivity index (χ1) is 6.77. The van der Waals surface area contributed by atoms with Crippen molar-refractivity contribution in [1.29, 1.82) is 0 Å². The van der Waals surface area contributed by atoms with Crippen LogP contribution in [0, 0.1) is 6.92 Å². The number of benzene rings is 1. The largest absolute Gasteiger partial charge is 0.507 e. The molecule has 70 valence electrons. The molecule has 2 heteroatoms.